The van der Waals surface area contributed by atoms with Crippen LogP contribution in [0.3, 0.4) is 0 Å². The molecular formula is C22H21ClN2O3. The summed E-state index contributed by atoms with van der Waals surface area (Å²) in [6.07, 6.45) is 3.71. The monoisotopic (exact) mass is 396 g/mol. The van der Waals surface area contributed by atoms with Gasteiger partial charge in [-0.05, 0) is 50.4 Å². The first-order valence-electron chi connectivity index (χ1n) is 9.02. The summed E-state index contributed by atoms with van der Waals surface area (Å²) in [6.45, 7) is 5.67. The quantitative estimate of drug-likeness (QED) is 0.479. The van der Waals surface area contributed by atoms with Crippen molar-refractivity contribution in [2.45, 2.75) is 32.9 Å². The van der Waals surface area contributed by atoms with Crippen molar-refractivity contribution in [2.24, 2.45) is 0 Å². The van der Waals surface area contributed by atoms with E-state index in [-0.39, 0.29) is 18.4 Å². The van der Waals surface area contributed by atoms with Crippen LogP contribution in [0.15, 0.2) is 54.9 Å². The van der Waals surface area contributed by atoms with Crippen molar-refractivity contribution in [1.82, 2.24) is 9.13 Å². The Hall–Kier alpha value is -2.92. The van der Waals surface area contributed by atoms with E-state index in [1.54, 1.807) is 10.6 Å². The van der Waals surface area contributed by atoms with Crippen LogP contribution in [-0.4, -0.2) is 25.8 Å². The van der Waals surface area contributed by atoms with E-state index in [9.17, 15) is 9.90 Å². The number of esters is 1. The Morgan fingerprint density at radius 3 is 2.64 bits per heavy atom. The molecule has 0 aliphatic heterocycles. The molecule has 0 saturated carbocycles. The van der Waals surface area contributed by atoms with Crippen LogP contribution in [0.5, 0.6) is 5.88 Å². The number of carbonyl (C=O) groups excluding carboxylic acids is 1. The molecule has 2 aromatic heterocycles. The van der Waals surface area contributed by atoms with E-state index in [2.05, 4.69) is 0 Å². The highest BCUT2D eigenvalue weighted by molar-refractivity contribution is 6.36. The van der Waals surface area contributed by atoms with Gasteiger partial charge in [0, 0.05) is 17.8 Å². The molecule has 4 rings (SSSR count). The van der Waals surface area contributed by atoms with Crippen molar-refractivity contribution >= 4 is 39.2 Å². The highest BCUT2D eigenvalue weighted by atomic mass is 35.5. The second-order valence-electron chi connectivity index (χ2n) is 7.80. The average Bonchev–Trinajstić information content (AvgIpc) is 3.15. The highest BCUT2D eigenvalue weighted by Gasteiger charge is 2.18. The van der Waals surface area contributed by atoms with Crippen molar-refractivity contribution in [2.75, 3.05) is 0 Å². The molecular weight excluding hydrogens is 376 g/mol. The van der Waals surface area contributed by atoms with Gasteiger partial charge in [0.05, 0.1) is 21.6 Å². The summed E-state index contributed by atoms with van der Waals surface area (Å²) in [7, 11) is 0. The Kier molecular flexibility index (Phi) is 4.35. The number of rotatable bonds is 3. The minimum absolute atomic E-state index is 0.0881. The SMILES string of the molecule is CC(C)(C)OC(=O)Cn1ccc2ccc(-n3cc4cccc(Cl)c4c3O)cc21. The van der Waals surface area contributed by atoms with Crippen LogP contribution in [0.25, 0.3) is 27.4 Å². The zero-order valence-corrected chi connectivity index (χ0v) is 16.7. The summed E-state index contributed by atoms with van der Waals surface area (Å²) in [4.78, 5) is 12.2. The van der Waals surface area contributed by atoms with E-state index in [0.717, 1.165) is 22.0 Å². The lowest BCUT2D eigenvalue weighted by atomic mass is 10.2. The normalized spacial score (nSPS) is 12.0. The average molecular weight is 397 g/mol. The number of ether oxygens (including phenoxy) is 1. The maximum atomic E-state index is 12.2. The summed E-state index contributed by atoms with van der Waals surface area (Å²) in [5.41, 5.74) is 1.13. The summed E-state index contributed by atoms with van der Waals surface area (Å²) in [5.74, 6) is -0.207. The largest absolute Gasteiger partial charge is 0.494 e. The third-order valence-electron chi connectivity index (χ3n) is 4.52. The predicted octanol–water partition coefficient (Wildman–Crippen LogP) is 5.29. The maximum Gasteiger partial charge on any atom is 0.326 e. The molecule has 0 unspecified atom stereocenters. The van der Waals surface area contributed by atoms with Crippen LogP contribution in [0, 0.1) is 0 Å². The number of carbonyl (C=O) groups is 1. The first-order valence-corrected chi connectivity index (χ1v) is 9.40. The molecule has 5 nitrogen and oxygen atoms in total. The fourth-order valence-electron chi connectivity index (χ4n) is 3.37. The highest BCUT2D eigenvalue weighted by Crippen LogP contribution is 2.35. The molecule has 2 aromatic carbocycles. The fourth-order valence-corrected chi connectivity index (χ4v) is 3.64. The second kappa shape index (κ2) is 6.60. The minimum Gasteiger partial charge on any atom is -0.494 e. The minimum atomic E-state index is -0.526. The van der Waals surface area contributed by atoms with Gasteiger partial charge in [0.15, 0.2) is 0 Å². The van der Waals surface area contributed by atoms with E-state index >= 15 is 0 Å². The van der Waals surface area contributed by atoms with E-state index in [1.807, 2.05) is 74.1 Å². The molecule has 28 heavy (non-hydrogen) atoms. The summed E-state index contributed by atoms with van der Waals surface area (Å²) in [6, 6.07) is 13.3. The van der Waals surface area contributed by atoms with Gasteiger partial charge in [-0.1, -0.05) is 29.8 Å². The van der Waals surface area contributed by atoms with Gasteiger partial charge in [0.25, 0.3) is 0 Å². The Labute approximate surface area is 167 Å². The standard InChI is InChI=1S/C22H21ClN2O3/c1-22(2,3)28-19(26)13-24-10-9-14-7-8-16(11-18(14)24)25-12-15-5-4-6-17(23)20(15)21(25)27/h4-12,27H,13H2,1-3H3. The zero-order chi connectivity index (χ0) is 20.1. The van der Waals surface area contributed by atoms with Gasteiger partial charge in [-0.15, -0.1) is 0 Å². The molecule has 6 heteroatoms. The zero-order valence-electron chi connectivity index (χ0n) is 15.9. The number of hydrogen-bond donors (Lipinski definition) is 1. The predicted molar refractivity (Wildman–Crippen MR) is 111 cm³/mol. The number of fused-ring (bicyclic) bond motifs is 2. The topological polar surface area (TPSA) is 56.4 Å². The molecule has 0 amide bonds. The number of nitrogens with zero attached hydrogens (tertiary/aromatic N) is 2. The summed E-state index contributed by atoms with van der Waals surface area (Å²) in [5, 5.41) is 13.7. The lowest BCUT2D eigenvalue weighted by Crippen LogP contribution is -2.26. The smallest absolute Gasteiger partial charge is 0.326 e. The number of aromatic nitrogens is 2. The molecule has 0 spiro atoms. The maximum absolute atomic E-state index is 12.2. The van der Waals surface area contributed by atoms with Crippen LogP contribution in [0.2, 0.25) is 5.02 Å². The summed E-state index contributed by atoms with van der Waals surface area (Å²) < 4.78 is 8.97. The van der Waals surface area contributed by atoms with Gasteiger partial charge < -0.3 is 14.4 Å². The molecule has 0 aliphatic rings. The number of aromatic hydroxyl groups is 1. The third-order valence-corrected chi connectivity index (χ3v) is 4.84. The fraction of sp³-hybridized carbons (Fsp3) is 0.227. The van der Waals surface area contributed by atoms with Gasteiger partial charge in [-0.25, -0.2) is 0 Å². The Morgan fingerprint density at radius 1 is 1.14 bits per heavy atom. The number of benzene rings is 2. The molecule has 0 aliphatic carbocycles. The van der Waals surface area contributed by atoms with Crippen LogP contribution in [-0.2, 0) is 16.1 Å². The van der Waals surface area contributed by atoms with Crippen molar-refractivity contribution in [3.8, 4) is 11.6 Å². The van der Waals surface area contributed by atoms with Crippen LogP contribution in [0.1, 0.15) is 20.8 Å². The Bertz CT molecular complexity index is 1200. The molecule has 2 heterocycles. The van der Waals surface area contributed by atoms with E-state index < -0.39 is 5.60 Å². The van der Waals surface area contributed by atoms with E-state index in [1.165, 1.54) is 0 Å². The summed E-state index contributed by atoms with van der Waals surface area (Å²) >= 11 is 6.25. The lowest BCUT2D eigenvalue weighted by molar-refractivity contribution is -0.155. The molecule has 0 fully saturated rings. The second-order valence-corrected chi connectivity index (χ2v) is 8.21. The number of halogens is 1. The lowest BCUT2D eigenvalue weighted by Gasteiger charge is -2.19. The molecule has 144 valence electrons. The molecule has 4 aromatic rings. The Morgan fingerprint density at radius 2 is 1.93 bits per heavy atom. The van der Waals surface area contributed by atoms with Gasteiger partial charge in [0.2, 0.25) is 5.88 Å². The van der Waals surface area contributed by atoms with Gasteiger partial charge in [-0.3, -0.25) is 9.36 Å². The molecule has 1 N–H and O–H groups in total. The van der Waals surface area contributed by atoms with Crippen molar-refractivity contribution in [3.63, 3.8) is 0 Å². The molecule has 0 atom stereocenters. The van der Waals surface area contributed by atoms with Crippen LogP contribution in [0.4, 0.5) is 0 Å². The number of hydrogen-bond acceptors (Lipinski definition) is 3. The van der Waals surface area contributed by atoms with Gasteiger partial charge in [0.1, 0.15) is 12.1 Å². The van der Waals surface area contributed by atoms with Crippen molar-refractivity contribution in [1.29, 1.82) is 0 Å². The Balaban J connectivity index is 1.75. The first-order chi connectivity index (χ1) is 13.2. The van der Waals surface area contributed by atoms with Gasteiger partial charge >= 0.3 is 5.97 Å². The van der Waals surface area contributed by atoms with Crippen LogP contribution < -0.4 is 0 Å². The van der Waals surface area contributed by atoms with Crippen molar-refractivity contribution < 1.29 is 14.6 Å². The first kappa shape index (κ1) is 18.4. The van der Waals surface area contributed by atoms with E-state index in [0.29, 0.717) is 10.4 Å². The van der Waals surface area contributed by atoms with Crippen molar-refractivity contribution in [3.05, 3.63) is 59.9 Å². The molecule has 0 saturated heterocycles. The van der Waals surface area contributed by atoms with Gasteiger partial charge in [-0.2, -0.15) is 0 Å². The third kappa shape index (κ3) is 3.34. The van der Waals surface area contributed by atoms with E-state index in [4.69, 9.17) is 16.3 Å². The molecule has 0 bridgehead atoms. The molecule has 0 radical (unpaired) electrons. The van der Waals surface area contributed by atoms with Crippen LogP contribution >= 0.6 is 11.6 Å².